The standard InChI is InChI=1S/C16H20N4O4S/c1-20(2)25(22,23)10-12-8-24-9-15(12)19-16(21)11-3-4-13-14(7-11)18-6-5-17-13/h3-7,12,15H,8-10H2,1-2H3,(H,19,21)/t12-,15-/m0/s1. The Labute approximate surface area is 146 Å². The summed E-state index contributed by atoms with van der Waals surface area (Å²) in [5.74, 6) is -0.624. The summed E-state index contributed by atoms with van der Waals surface area (Å²) in [6.45, 7) is 0.605. The van der Waals surface area contributed by atoms with E-state index in [2.05, 4.69) is 15.3 Å². The Kier molecular flexibility index (Phi) is 4.98. The van der Waals surface area contributed by atoms with Gasteiger partial charge >= 0.3 is 0 Å². The summed E-state index contributed by atoms with van der Waals surface area (Å²) in [4.78, 5) is 20.9. The number of carbonyl (C=O) groups is 1. The van der Waals surface area contributed by atoms with Crippen molar-refractivity contribution >= 4 is 27.0 Å². The first kappa shape index (κ1) is 17.7. The number of nitrogens with zero attached hydrogens (tertiary/aromatic N) is 3. The molecule has 1 fully saturated rings. The van der Waals surface area contributed by atoms with Crippen molar-refractivity contribution in [1.82, 2.24) is 19.6 Å². The number of benzene rings is 1. The normalized spacial score (nSPS) is 20.9. The summed E-state index contributed by atoms with van der Waals surface area (Å²) in [6.07, 6.45) is 3.16. The minimum Gasteiger partial charge on any atom is -0.379 e. The monoisotopic (exact) mass is 364 g/mol. The molecule has 1 aromatic carbocycles. The second kappa shape index (κ2) is 7.03. The number of sulfonamides is 1. The lowest BCUT2D eigenvalue weighted by Gasteiger charge is -2.21. The SMILES string of the molecule is CN(C)S(=O)(=O)C[C@@H]1COC[C@@H]1NC(=O)c1ccc2nccnc2c1. The van der Waals surface area contributed by atoms with Crippen molar-refractivity contribution < 1.29 is 17.9 Å². The van der Waals surface area contributed by atoms with Crippen LogP contribution in [0.5, 0.6) is 0 Å². The molecule has 0 aliphatic carbocycles. The molecule has 1 aromatic heterocycles. The fourth-order valence-electron chi connectivity index (χ4n) is 2.70. The predicted molar refractivity (Wildman–Crippen MR) is 92.6 cm³/mol. The Bertz CT molecular complexity index is 885. The molecule has 1 aliphatic rings. The van der Waals surface area contributed by atoms with E-state index in [0.717, 1.165) is 0 Å². The fourth-order valence-corrected chi connectivity index (χ4v) is 3.87. The van der Waals surface area contributed by atoms with E-state index in [1.165, 1.54) is 18.4 Å². The first-order chi connectivity index (χ1) is 11.9. The molecular weight excluding hydrogens is 344 g/mol. The van der Waals surface area contributed by atoms with Crippen molar-refractivity contribution in [3.05, 3.63) is 36.2 Å². The van der Waals surface area contributed by atoms with E-state index < -0.39 is 10.0 Å². The molecule has 0 saturated carbocycles. The van der Waals surface area contributed by atoms with E-state index >= 15 is 0 Å². The summed E-state index contributed by atoms with van der Waals surface area (Å²) in [5.41, 5.74) is 1.79. The highest BCUT2D eigenvalue weighted by atomic mass is 32.2. The highest BCUT2D eigenvalue weighted by molar-refractivity contribution is 7.89. The molecule has 0 bridgehead atoms. The van der Waals surface area contributed by atoms with Crippen molar-refractivity contribution in [3.8, 4) is 0 Å². The molecule has 1 N–H and O–H groups in total. The number of rotatable bonds is 5. The minimum absolute atomic E-state index is 0.0614. The van der Waals surface area contributed by atoms with E-state index in [1.54, 1.807) is 30.6 Å². The molecule has 9 heteroatoms. The number of aromatic nitrogens is 2. The van der Waals surface area contributed by atoms with E-state index in [-0.39, 0.29) is 23.6 Å². The average Bonchev–Trinajstić information content (AvgIpc) is 3.00. The van der Waals surface area contributed by atoms with Gasteiger partial charge in [-0.15, -0.1) is 0 Å². The van der Waals surface area contributed by atoms with Gasteiger partial charge in [-0.3, -0.25) is 14.8 Å². The van der Waals surface area contributed by atoms with Crippen LogP contribution >= 0.6 is 0 Å². The zero-order valence-corrected chi connectivity index (χ0v) is 14.9. The molecule has 1 aliphatic heterocycles. The zero-order valence-electron chi connectivity index (χ0n) is 14.0. The van der Waals surface area contributed by atoms with E-state index in [1.807, 2.05) is 0 Å². The smallest absolute Gasteiger partial charge is 0.251 e. The number of ether oxygens (including phenoxy) is 1. The van der Waals surface area contributed by atoms with Gasteiger partial charge in [-0.05, 0) is 18.2 Å². The molecule has 0 radical (unpaired) electrons. The van der Waals surface area contributed by atoms with Crippen LogP contribution < -0.4 is 5.32 Å². The first-order valence-electron chi connectivity index (χ1n) is 7.86. The number of hydrogen-bond acceptors (Lipinski definition) is 6. The molecule has 3 rings (SSSR count). The second-order valence-corrected chi connectivity index (χ2v) is 8.43. The third-order valence-corrected chi connectivity index (χ3v) is 6.19. The van der Waals surface area contributed by atoms with Crippen molar-refractivity contribution in [3.63, 3.8) is 0 Å². The van der Waals surface area contributed by atoms with Gasteiger partial charge in [0.2, 0.25) is 10.0 Å². The maximum absolute atomic E-state index is 12.5. The summed E-state index contributed by atoms with van der Waals surface area (Å²) in [5, 5.41) is 2.88. The molecule has 0 spiro atoms. The van der Waals surface area contributed by atoms with Crippen LogP contribution in [-0.4, -0.2) is 67.7 Å². The summed E-state index contributed by atoms with van der Waals surface area (Å²) >= 11 is 0. The molecule has 25 heavy (non-hydrogen) atoms. The Morgan fingerprint density at radius 1 is 1.24 bits per heavy atom. The molecule has 2 atom stereocenters. The Morgan fingerprint density at radius 2 is 1.96 bits per heavy atom. The predicted octanol–water partition coefficient (Wildman–Crippen LogP) is 0.266. The van der Waals surface area contributed by atoms with Crippen molar-refractivity contribution in [2.75, 3.05) is 33.1 Å². The van der Waals surface area contributed by atoms with E-state index in [9.17, 15) is 13.2 Å². The number of amides is 1. The van der Waals surface area contributed by atoms with E-state index in [0.29, 0.717) is 29.8 Å². The number of nitrogens with one attached hydrogen (secondary N) is 1. The third kappa shape index (κ3) is 3.94. The van der Waals surface area contributed by atoms with Gasteiger partial charge in [-0.25, -0.2) is 12.7 Å². The molecule has 0 unspecified atom stereocenters. The van der Waals surface area contributed by atoms with E-state index in [4.69, 9.17) is 4.74 Å². The van der Waals surface area contributed by atoms with Gasteiger partial charge < -0.3 is 10.1 Å². The lowest BCUT2D eigenvalue weighted by molar-refractivity contribution is 0.0926. The number of carbonyl (C=O) groups excluding carboxylic acids is 1. The van der Waals surface area contributed by atoms with Crippen LogP contribution in [0.3, 0.4) is 0 Å². The number of fused-ring (bicyclic) bond motifs is 1. The van der Waals surface area contributed by atoms with Gasteiger partial charge in [0, 0.05) is 38.0 Å². The largest absolute Gasteiger partial charge is 0.379 e. The molecule has 134 valence electrons. The quantitative estimate of drug-likeness (QED) is 0.817. The lowest BCUT2D eigenvalue weighted by Crippen LogP contribution is -2.43. The molecule has 2 heterocycles. The lowest BCUT2D eigenvalue weighted by atomic mass is 10.1. The van der Waals surface area contributed by atoms with Crippen LogP contribution in [0.4, 0.5) is 0 Å². The zero-order chi connectivity index (χ0) is 18.0. The maximum Gasteiger partial charge on any atom is 0.251 e. The molecular formula is C16H20N4O4S. The second-order valence-electron chi connectivity index (χ2n) is 6.20. The average molecular weight is 364 g/mol. The van der Waals surface area contributed by atoms with Crippen molar-refractivity contribution in [2.24, 2.45) is 5.92 Å². The fraction of sp³-hybridized carbons (Fsp3) is 0.438. The molecule has 1 amide bonds. The van der Waals surface area contributed by atoms with Crippen LogP contribution in [-0.2, 0) is 14.8 Å². The van der Waals surface area contributed by atoms with Crippen molar-refractivity contribution in [2.45, 2.75) is 6.04 Å². The minimum atomic E-state index is -3.36. The van der Waals surface area contributed by atoms with Crippen LogP contribution in [0.1, 0.15) is 10.4 Å². The Hall–Kier alpha value is -2.10. The van der Waals surface area contributed by atoms with Gasteiger partial charge in [0.1, 0.15) is 0 Å². The first-order valence-corrected chi connectivity index (χ1v) is 9.47. The van der Waals surface area contributed by atoms with Crippen LogP contribution in [0.2, 0.25) is 0 Å². The van der Waals surface area contributed by atoms with Crippen molar-refractivity contribution in [1.29, 1.82) is 0 Å². The van der Waals surface area contributed by atoms with Crippen LogP contribution in [0.15, 0.2) is 30.6 Å². The van der Waals surface area contributed by atoms with Crippen LogP contribution in [0, 0.1) is 5.92 Å². The van der Waals surface area contributed by atoms with Gasteiger partial charge in [0.25, 0.3) is 5.91 Å². The van der Waals surface area contributed by atoms with Crippen LogP contribution in [0.25, 0.3) is 11.0 Å². The van der Waals surface area contributed by atoms with Gasteiger partial charge in [-0.2, -0.15) is 0 Å². The summed E-state index contributed by atoms with van der Waals surface area (Å²) < 4.78 is 30.7. The highest BCUT2D eigenvalue weighted by Gasteiger charge is 2.34. The molecule has 8 nitrogen and oxygen atoms in total. The summed E-state index contributed by atoms with van der Waals surface area (Å²) in [6, 6.07) is 4.73. The van der Waals surface area contributed by atoms with Gasteiger partial charge in [0.15, 0.2) is 0 Å². The maximum atomic E-state index is 12.5. The molecule has 2 aromatic rings. The molecule has 1 saturated heterocycles. The Morgan fingerprint density at radius 3 is 2.68 bits per heavy atom. The van der Waals surface area contributed by atoms with Gasteiger partial charge in [-0.1, -0.05) is 0 Å². The summed E-state index contributed by atoms with van der Waals surface area (Å²) in [7, 11) is -0.370. The topological polar surface area (TPSA) is 101 Å². The number of hydrogen-bond donors (Lipinski definition) is 1. The van der Waals surface area contributed by atoms with Gasteiger partial charge in [0.05, 0.1) is 36.0 Å². The Balaban J connectivity index is 1.72. The highest BCUT2D eigenvalue weighted by Crippen LogP contribution is 2.18. The third-order valence-electron chi connectivity index (χ3n) is 4.23.